The minimum absolute atomic E-state index is 0.406. The van der Waals surface area contributed by atoms with E-state index in [-0.39, 0.29) is 0 Å². The Morgan fingerprint density at radius 1 is 1.22 bits per heavy atom. The largest absolute Gasteiger partial charge is 0.319 e. The van der Waals surface area contributed by atoms with Gasteiger partial charge in [-0.2, -0.15) is 5.10 Å². The minimum Gasteiger partial charge on any atom is -0.319 e. The zero-order valence-corrected chi connectivity index (χ0v) is 12.0. The van der Waals surface area contributed by atoms with Gasteiger partial charge in [-0.3, -0.25) is 4.68 Å². The van der Waals surface area contributed by atoms with Crippen molar-refractivity contribution in [1.82, 2.24) is 9.78 Å². The van der Waals surface area contributed by atoms with Gasteiger partial charge in [0, 0.05) is 16.6 Å². The van der Waals surface area contributed by atoms with Crippen LogP contribution in [0.2, 0.25) is 15.1 Å². The lowest BCUT2D eigenvalue weighted by atomic mass is 10.0. The Kier molecular flexibility index (Phi) is 4.17. The van der Waals surface area contributed by atoms with Crippen LogP contribution < -0.4 is 5.73 Å². The molecule has 1 unspecified atom stereocenters. The van der Waals surface area contributed by atoms with Crippen molar-refractivity contribution in [1.29, 1.82) is 0 Å². The van der Waals surface area contributed by atoms with Crippen molar-refractivity contribution in [2.75, 3.05) is 0 Å². The zero-order chi connectivity index (χ0) is 13.3. The number of hydrogen-bond donors (Lipinski definition) is 1. The van der Waals surface area contributed by atoms with Gasteiger partial charge in [0.1, 0.15) is 0 Å². The summed E-state index contributed by atoms with van der Waals surface area (Å²) in [7, 11) is 0. The van der Waals surface area contributed by atoms with E-state index in [9.17, 15) is 0 Å². The molecule has 2 rings (SSSR count). The van der Waals surface area contributed by atoms with E-state index in [4.69, 9.17) is 40.5 Å². The summed E-state index contributed by atoms with van der Waals surface area (Å²) in [4.78, 5) is 0. The Morgan fingerprint density at radius 3 is 2.39 bits per heavy atom. The molecule has 0 aliphatic rings. The van der Waals surface area contributed by atoms with Crippen LogP contribution in [-0.2, 0) is 6.54 Å². The Morgan fingerprint density at radius 2 is 1.83 bits per heavy atom. The SMILES string of the molecule is CCn1ncc(Cl)c1C(N)c1cc(Cl)cc(Cl)c1. The Labute approximate surface area is 120 Å². The Balaban J connectivity index is 2.47. The van der Waals surface area contributed by atoms with Crippen molar-refractivity contribution < 1.29 is 0 Å². The van der Waals surface area contributed by atoms with Crippen molar-refractivity contribution >= 4 is 34.8 Å². The summed E-state index contributed by atoms with van der Waals surface area (Å²) in [6.07, 6.45) is 1.59. The third kappa shape index (κ3) is 2.64. The summed E-state index contributed by atoms with van der Waals surface area (Å²) in [5.74, 6) is 0. The molecule has 0 amide bonds. The van der Waals surface area contributed by atoms with Crippen LogP contribution in [0.4, 0.5) is 0 Å². The van der Waals surface area contributed by atoms with E-state index >= 15 is 0 Å². The predicted octanol–water partition coefficient (Wildman–Crippen LogP) is 3.91. The Bertz CT molecular complexity index is 545. The first kappa shape index (κ1) is 13.7. The van der Waals surface area contributed by atoms with Gasteiger partial charge in [0.15, 0.2) is 0 Å². The molecule has 6 heteroatoms. The molecule has 1 aromatic heterocycles. The van der Waals surface area contributed by atoms with Crippen LogP contribution >= 0.6 is 34.8 Å². The second-order valence-electron chi connectivity index (χ2n) is 3.87. The van der Waals surface area contributed by atoms with Gasteiger partial charge in [0.05, 0.1) is 23.0 Å². The number of nitrogens with zero attached hydrogens (tertiary/aromatic N) is 2. The molecule has 0 bridgehead atoms. The summed E-state index contributed by atoms with van der Waals surface area (Å²) in [6, 6.07) is 4.82. The molecule has 96 valence electrons. The predicted molar refractivity (Wildman–Crippen MR) is 75.4 cm³/mol. The monoisotopic (exact) mass is 303 g/mol. The van der Waals surface area contributed by atoms with Gasteiger partial charge >= 0.3 is 0 Å². The molecule has 1 aromatic carbocycles. The van der Waals surface area contributed by atoms with Gasteiger partial charge in [0.25, 0.3) is 0 Å². The standard InChI is InChI=1S/C12H12Cl3N3/c1-2-18-12(10(15)6-17-18)11(16)7-3-8(13)5-9(14)4-7/h3-6,11H,2,16H2,1H3. The second-order valence-corrected chi connectivity index (χ2v) is 5.15. The highest BCUT2D eigenvalue weighted by atomic mass is 35.5. The number of halogens is 3. The van der Waals surface area contributed by atoms with Crippen molar-refractivity contribution in [3.05, 3.63) is 50.7 Å². The molecule has 2 N–H and O–H groups in total. The molecular formula is C12H12Cl3N3. The average Bonchev–Trinajstić information content (AvgIpc) is 2.68. The number of aryl methyl sites for hydroxylation is 1. The maximum Gasteiger partial charge on any atom is 0.0837 e. The highest BCUT2D eigenvalue weighted by Crippen LogP contribution is 2.29. The lowest BCUT2D eigenvalue weighted by Crippen LogP contribution is -2.17. The van der Waals surface area contributed by atoms with E-state index in [2.05, 4.69) is 5.10 Å². The first-order valence-corrected chi connectivity index (χ1v) is 6.59. The molecule has 0 fully saturated rings. The van der Waals surface area contributed by atoms with Crippen molar-refractivity contribution in [3.63, 3.8) is 0 Å². The van der Waals surface area contributed by atoms with Crippen LogP contribution in [0.3, 0.4) is 0 Å². The van der Waals surface area contributed by atoms with E-state index < -0.39 is 6.04 Å². The molecule has 1 atom stereocenters. The van der Waals surface area contributed by atoms with Crippen LogP contribution in [0.5, 0.6) is 0 Å². The van der Waals surface area contributed by atoms with Crippen LogP contribution in [0.1, 0.15) is 24.2 Å². The van der Waals surface area contributed by atoms with Gasteiger partial charge in [-0.1, -0.05) is 34.8 Å². The first-order valence-electron chi connectivity index (χ1n) is 5.45. The highest BCUT2D eigenvalue weighted by Gasteiger charge is 2.18. The van der Waals surface area contributed by atoms with E-state index in [0.29, 0.717) is 21.6 Å². The number of nitrogens with two attached hydrogens (primary N) is 1. The van der Waals surface area contributed by atoms with E-state index in [1.54, 1.807) is 29.1 Å². The lowest BCUT2D eigenvalue weighted by molar-refractivity contribution is 0.601. The third-order valence-electron chi connectivity index (χ3n) is 2.67. The number of rotatable bonds is 3. The molecule has 0 spiro atoms. The molecule has 0 radical (unpaired) electrons. The van der Waals surface area contributed by atoms with E-state index in [1.165, 1.54) is 0 Å². The fraction of sp³-hybridized carbons (Fsp3) is 0.250. The van der Waals surface area contributed by atoms with E-state index in [0.717, 1.165) is 11.3 Å². The highest BCUT2D eigenvalue weighted by molar-refractivity contribution is 6.34. The molecule has 3 nitrogen and oxygen atoms in total. The second kappa shape index (κ2) is 5.49. The van der Waals surface area contributed by atoms with Crippen molar-refractivity contribution in [3.8, 4) is 0 Å². The summed E-state index contributed by atoms with van der Waals surface area (Å²) in [5.41, 5.74) is 7.78. The van der Waals surface area contributed by atoms with Crippen LogP contribution in [0.15, 0.2) is 24.4 Å². The third-order valence-corrected chi connectivity index (χ3v) is 3.40. The molecule has 2 aromatic rings. The van der Waals surface area contributed by atoms with Crippen molar-refractivity contribution in [2.24, 2.45) is 5.73 Å². The van der Waals surface area contributed by atoms with Crippen LogP contribution in [0, 0.1) is 0 Å². The molecular weight excluding hydrogens is 293 g/mol. The van der Waals surface area contributed by atoms with E-state index in [1.807, 2.05) is 6.92 Å². The van der Waals surface area contributed by atoms with Gasteiger partial charge in [-0.15, -0.1) is 0 Å². The fourth-order valence-electron chi connectivity index (χ4n) is 1.85. The average molecular weight is 305 g/mol. The molecule has 0 aliphatic heterocycles. The molecule has 0 aliphatic carbocycles. The van der Waals surface area contributed by atoms with Gasteiger partial charge in [-0.05, 0) is 30.7 Å². The smallest absolute Gasteiger partial charge is 0.0837 e. The first-order chi connectivity index (χ1) is 8.52. The lowest BCUT2D eigenvalue weighted by Gasteiger charge is -2.15. The molecule has 1 heterocycles. The number of aromatic nitrogens is 2. The maximum atomic E-state index is 6.21. The minimum atomic E-state index is -0.406. The fourth-order valence-corrected chi connectivity index (χ4v) is 2.65. The number of hydrogen-bond acceptors (Lipinski definition) is 2. The number of benzene rings is 1. The molecule has 0 saturated heterocycles. The van der Waals surface area contributed by atoms with Gasteiger partial charge in [0.2, 0.25) is 0 Å². The zero-order valence-electron chi connectivity index (χ0n) is 9.70. The summed E-state index contributed by atoms with van der Waals surface area (Å²) >= 11 is 18.1. The van der Waals surface area contributed by atoms with Gasteiger partial charge in [-0.25, -0.2) is 0 Å². The topological polar surface area (TPSA) is 43.8 Å². The van der Waals surface area contributed by atoms with Crippen LogP contribution in [-0.4, -0.2) is 9.78 Å². The summed E-state index contributed by atoms with van der Waals surface area (Å²) in [5, 5.41) is 5.80. The quantitative estimate of drug-likeness (QED) is 0.934. The Hall–Kier alpha value is -0.740. The summed E-state index contributed by atoms with van der Waals surface area (Å²) < 4.78 is 1.77. The molecule has 18 heavy (non-hydrogen) atoms. The van der Waals surface area contributed by atoms with Crippen LogP contribution in [0.25, 0.3) is 0 Å². The molecule has 0 saturated carbocycles. The normalized spacial score (nSPS) is 12.7. The van der Waals surface area contributed by atoms with Crippen molar-refractivity contribution in [2.45, 2.75) is 19.5 Å². The maximum absolute atomic E-state index is 6.21. The van der Waals surface area contributed by atoms with Gasteiger partial charge < -0.3 is 5.73 Å². The summed E-state index contributed by atoms with van der Waals surface area (Å²) in [6.45, 7) is 2.68.